The Morgan fingerprint density at radius 3 is 1.23 bits per heavy atom. The van der Waals surface area contributed by atoms with Gasteiger partial charge in [0.05, 0.1) is 12.4 Å². The SMILES string of the molecule is CCCCCCCCCCCCCCCCCCCCCCCCC(SCC(=O)OCCCCCC)C(=O)O. The third kappa shape index (κ3) is 30.1. The molecule has 0 aromatic rings. The van der Waals surface area contributed by atoms with E-state index in [1.54, 1.807) is 0 Å². The van der Waals surface area contributed by atoms with E-state index in [-0.39, 0.29) is 11.7 Å². The van der Waals surface area contributed by atoms with E-state index in [0.717, 1.165) is 38.5 Å². The lowest BCUT2D eigenvalue weighted by atomic mass is 10.0. The third-order valence-corrected chi connectivity index (χ3v) is 9.00. The van der Waals surface area contributed by atoms with Gasteiger partial charge < -0.3 is 9.84 Å². The average Bonchev–Trinajstić information content (AvgIpc) is 2.92. The summed E-state index contributed by atoms with van der Waals surface area (Å²) < 4.78 is 5.22. The summed E-state index contributed by atoms with van der Waals surface area (Å²) in [6, 6.07) is 0. The van der Waals surface area contributed by atoms with E-state index >= 15 is 0 Å². The Morgan fingerprint density at radius 2 is 0.872 bits per heavy atom. The fourth-order valence-corrected chi connectivity index (χ4v) is 6.04. The van der Waals surface area contributed by atoms with Crippen molar-refractivity contribution >= 4 is 23.7 Å². The monoisotopic (exact) mass is 570 g/mol. The molecular formula is C34H66O4S. The maximum absolute atomic E-state index is 11.8. The number of rotatable bonds is 32. The highest BCUT2D eigenvalue weighted by Gasteiger charge is 2.19. The lowest BCUT2D eigenvalue weighted by Crippen LogP contribution is -2.19. The molecule has 0 aromatic carbocycles. The summed E-state index contributed by atoms with van der Waals surface area (Å²) >= 11 is 1.22. The Hall–Kier alpha value is -0.710. The van der Waals surface area contributed by atoms with Gasteiger partial charge in [0, 0.05) is 0 Å². The summed E-state index contributed by atoms with van der Waals surface area (Å²) in [6.07, 6.45) is 34.8. The molecule has 0 aromatic heterocycles. The standard InChI is InChI=1S/C34H66O4S/c1-3-5-7-9-10-11-12-13-14-15-16-17-18-19-20-21-22-23-24-25-26-27-29-32(34(36)37)39-31-33(35)38-30-28-8-6-4-2/h32H,3-31H2,1-2H3,(H,36,37). The number of unbranched alkanes of at least 4 members (excludes halogenated alkanes) is 24. The van der Waals surface area contributed by atoms with E-state index in [1.165, 1.54) is 140 Å². The van der Waals surface area contributed by atoms with Gasteiger partial charge in [-0.05, 0) is 12.8 Å². The van der Waals surface area contributed by atoms with Crippen LogP contribution in [0.3, 0.4) is 0 Å². The van der Waals surface area contributed by atoms with Crippen LogP contribution in [0.25, 0.3) is 0 Å². The van der Waals surface area contributed by atoms with Crippen molar-refractivity contribution in [3.63, 3.8) is 0 Å². The van der Waals surface area contributed by atoms with Crippen molar-refractivity contribution in [1.29, 1.82) is 0 Å². The largest absolute Gasteiger partial charge is 0.480 e. The molecule has 0 saturated carbocycles. The van der Waals surface area contributed by atoms with Crippen LogP contribution in [0.2, 0.25) is 0 Å². The highest BCUT2D eigenvalue weighted by atomic mass is 32.2. The van der Waals surface area contributed by atoms with E-state index in [1.807, 2.05) is 0 Å². The molecule has 0 amide bonds. The van der Waals surface area contributed by atoms with Crippen LogP contribution in [0, 0.1) is 0 Å². The van der Waals surface area contributed by atoms with Crippen molar-refractivity contribution in [2.24, 2.45) is 0 Å². The number of esters is 1. The Kier molecular flexibility index (Phi) is 31.2. The number of aliphatic carboxylic acids is 1. The quantitative estimate of drug-likeness (QED) is 0.0643. The molecule has 4 nitrogen and oxygen atoms in total. The fraction of sp³-hybridized carbons (Fsp3) is 0.941. The highest BCUT2D eigenvalue weighted by Crippen LogP contribution is 2.20. The second-order valence-corrected chi connectivity index (χ2v) is 12.8. The summed E-state index contributed by atoms with van der Waals surface area (Å²) in [4.78, 5) is 23.4. The van der Waals surface area contributed by atoms with Crippen molar-refractivity contribution in [3.05, 3.63) is 0 Å². The average molecular weight is 571 g/mol. The molecule has 0 aliphatic carbocycles. The Labute approximate surface area is 247 Å². The van der Waals surface area contributed by atoms with Crippen molar-refractivity contribution in [1.82, 2.24) is 0 Å². The van der Waals surface area contributed by atoms with Gasteiger partial charge in [-0.1, -0.05) is 174 Å². The maximum Gasteiger partial charge on any atom is 0.316 e. The minimum atomic E-state index is -0.806. The van der Waals surface area contributed by atoms with Gasteiger partial charge in [0.25, 0.3) is 0 Å². The number of hydrogen-bond donors (Lipinski definition) is 1. The molecule has 5 heteroatoms. The summed E-state index contributed by atoms with van der Waals surface area (Å²) in [5.41, 5.74) is 0. The number of carbonyl (C=O) groups excluding carboxylic acids is 1. The summed E-state index contributed by atoms with van der Waals surface area (Å²) in [5.74, 6) is -0.944. The van der Waals surface area contributed by atoms with E-state index in [0.29, 0.717) is 13.0 Å². The first-order chi connectivity index (χ1) is 19.1. The molecule has 39 heavy (non-hydrogen) atoms. The number of carboxylic acid groups (broad SMARTS) is 1. The van der Waals surface area contributed by atoms with Gasteiger partial charge in [0.2, 0.25) is 0 Å². The molecule has 0 aliphatic heterocycles. The van der Waals surface area contributed by atoms with Crippen LogP contribution in [-0.2, 0) is 14.3 Å². The molecule has 0 bridgehead atoms. The number of thioether (sulfide) groups is 1. The normalized spacial score (nSPS) is 12.1. The second-order valence-electron chi connectivity index (χ2n) is 11.6. The summed E-state index contributed by atoms with van der Waals surface area (Å²) in [6.45, 7) is 4.89. The smallest absolute Gasteiger partial charge is 0.316 e. The van der Waals surface area contributed by atoms with Gasteiger partial charge in [-0.15, -0.1) is 11.8 Å². The van der Waals surface area contributed by atoms with E-state index in [2.05, 4.69) is 13.8 Å². The molecular weight excluding hydrogens is 504 g/mol. The number of carbonyl (C=O) groups is 2. The molecule has 0 heterocycles. The van der Waals surface area contributed by atoms with Gasteiger partial charge in [-0.25, -0.2) is 0 Å². The molecule has 232 valence electrons. The molecule has 0 spiro atoms. The van der Waals surface area contributed by atoms with E-state index < -0.39 is 11.2 Å². The van der Waals surface area contributed by atoms with Gasteiger partial charge in [-0.2, -0.15) is 0 Å². The lowest BCUT2D eigenvalue weighted by molar-refractivity contribution is -0.140. The first kappa shape index (κ1) is 38.3. The minimum Gasteiger partial charge on any atom is -0.480 e. The van der Waals surface area contributed by atoms with E-state index in [9.17, 15) is 14.7 Å². The number of carboxylic acids is 1. The maximum atomic E-state index is 11.8. The zero-order valence-corrected chi connectivity index (χ0v) is 27.0. The van der Waals surface area contributed by atoms with Gasteiger partial charge >= 0.3 is 11.9 Å². The van der Waals surface area contributed by atoms with Crippen LogP contribution in [0.15, 0.2) is 0 Å². The molecule has 0 rings (SSSR count). The van der Waals surface area contributed by atoms with Gasteiger partial charge in [0.1, 0.15) is 5.25 Å². The van der Waals surface area contributed by atoms with Crippen LogP contribution < -0.4 is 0 Å². The predicted octanol–water partition coefficient (Wildman–Crippen LogP) is 11.3. The van der Waals surface area contributed by atoms with Crippen LogP contribution in [0.5, 0.6) is 0 Å². The Balaban J connectivity index is 3.39. The van der Waals surface area contributed by atoms with Crippen LogP contribution in [-0.4, -0.2) is 34.7 Å². The van der Waals surface area contributed by atoms with Crippen molar-refractivity contribution < 1.29 is 19.4 Å². The van der Waals surface area contributed by atoms with Gasteiger partial charge in [0.15, 0.2) is 0 Å². The highest BCUT2D eigenvalue weighted by molar-refractivity contribution is 8.01. The molecule has 1 N–H and O–H groups in total. The molecule has 0 saturated heterocycles. The number of ether oxygens (including phenoxy) is 1. The fourth-order valence-electron chi connectivity index (χ4n) is 5.14. The molecule has 0 fully saturated rings. The first-order valence-electron chi connectivity index (χ1n) is 17.1. The van der Waals surface area contributed by atoms with E-state index in [4.69, 9.17) is 4.74 Å². The Bertz CT molecular complexity index is 525. The molecule has 0 aliphatic rings. The summed E-state index contributed by atoms with van der Waals surface area (Å²) in [7, 11) is 0. The topological polar surface area (TPSA) is 63.6 Å². The molecule has 1 atom stereocenters. The first-order valence-corrected chi connectivity index (χ1v) is 18.2. The zero-order chi connectivity index (χ0) is 28.7. The third-order valence-electron chi connectivity index (χ3n) is 7.76. The van der Waals surface area contributed by atoms with Crippen molar-refractivity contribution in [2.45, 2.75) is 192 Å². The molecule has 1 unspecified atom stereocenters. The van der Waals surface area contributed by atoms with Gasteiger partial charge in [-0.3, -0.25) is 9.59 Å². The Morgan fingerprint density at radius 1 is 0.538 bits per heavy atom. The van der Waals surface area contributed by atoms with Crippen LogP contribution in [0.1, 0.15) is 187 Å². The predicted molar refractivity (Wildman–Crippen MR) is 171 cm³/mol. The lowest BCUT2D eigenvalue weighted by Gasteiger charge is -2.12. The van der Waals surface area contributed by atoms with Crippen LogP contribution >= 0.6 is 11.8 Å². The second kappa shape index (κ2) is 31.8. The summed E-state index contributed by atoms with van der Waals surface area (Å²) in [5, 5.41) is 8.96. The molecule has 0 radical (unpaired) electrons. The number of hydrogen-bond acceptors (Lipinski definition) is 4. The zero-order valence-electron chi connectivity index (χ0n) is 26.2. The van der Waals surface area contributed by atoms with Crippen molar-refractivity contribution in [3.8, 4) is 0 Å². The minimum absolute atomic E-state index is 0.143. The van der Waals surface area contributed by atoms with Crippen LogP contribution in [0.4, 0.5) is 0 Å². The van der Waals surface area contributed by atoms with Crippen molar-refractivity contribution in [2.75, 3.05) is 12.4 Å².